The third kappa shape index (κ3) is 2.91. The van der Waals surface area contributed by atoms with Crippen molar-refractivity contribution in [3.05, 3.63) is 35.7 Å². The molecule has 0 unspecified atom stereocenters. The molecule has 0 aliphatic carbocycles. The van der Waals surface area contributed by atoms with Crippen LogP contribution in [0, 0.1) is 11.5 Å². The van der Waals surface area contributed by atoms with Crippen LogP contribution >= 0.6 is 0 Å². The van der Waals surface area contributed by atoms with Crippen LogP contribution in [0.5, 0.6) is 0 Å². The molecular formula is C18H16F3N5O. The highest BCUT2D eigenvalue weighted by molar-refractivity contribution is 5.99. The number of H-pyrrole nitrogens is 1. The quantitative estimate of drug-likeness (QED) is 0.819. The number of nitrogens with zero attached hydrogens (tertiary/aromatic N) is 4. The molecule has 1 atom stereocenters. The lowest BCUT2D eigenvalue weighted by Crippen LogP contribution is -2.43. The van der Waals surface area contributed by atoms with Crippen LogP contribution in [0.4, 0.5) is 18.9 Å². The molecule has 1 aromatic carbocycles. The minimum Gasteiger partial charge on any atom is -0.310 e. The van der Waals surface area contributed by atoms with E-state index in [1.807, 2.05) is 5.10 Å². The van der Waals surface area contributed by atoms with E-state index in [1.54, 1.807) is 23.1 Å². The van der Waals surface area contributed by atoms with E-state index in [4.69, 9.17) is 5.26 Å². The number of amides is 1. The minimum absolute atomic E-state index is 0.0125. The number of halogens is 3. The van der Waals surface area contributed by atoms with Crippen molar-refractivity contribution in [3.63, 3.8) is 0 Å². The number of nitriles is 1. The van der Waals surface area contributed by atoms with Crippen LogP contribution in [0.1, 0.15) is 24.1 Å². The van der Waals surface area contributed by atoms with E-state index in [2.05, 4.69) is 11.3 Å². The summed E-state index contributed by atoms with van der Waals surface area (Å²) in [6, 6.07) is 4.47. The second kappa shape index (κ2) is 6.30. The first-order valence-corrected chi connectivity index (χ1v) is 8.62. The fourth-order valence-corrected chi connectivity index (χ4v) is 3.84. The van der Waals surface area contributed by atoms with Gasteiger partial charge in [0.15, 0.2) is 6.19 Å². The lowest BCUT2D eigenvalue weighted by Gasteiger charge is -2.24. The number of benzene rings is 1. The Balaban J connectivity index is 1.63. The molecule has 0 radical (unpaired) electrons. The standard InChI is InChI=1S/C18H16F3N5O/c19-18(20,21)16-13(9-23-24-16)11-3-4-14-12(8-11)5-7-26(14)17(27)15-2-1-6-25(15)10-22/h3-4,8-9,15H,1-2,5-7H2,(H,23,24)/t15-/m0/s1. The summed E-state index contributed by atoms with van der Waals surface area (Å²) >= 11 is 0. The van der Waals surface area contributed by atoms with E-state index in [0.29, 0.717) is 37.2 Å². The van der Waals surface area contributed by atoms with E-state index in [9.17, 15) is 18.0 Å². The zero-order valence-corrected chi connectivity index (χ0v) is 14.3. The minimum atomic E-state index is -4.52. The second-order valence-electron chi connectivity index (χ2n) is 6.69. The van der Waals surface area contributed by atoms with E-state index >= 15 is 0 Å². The van der Waals surface area contributed by atoms with Gasteiger partial charge in [-0.1, -0.05) is 6.07 Å². The number of fused-ring (bicyclic) bond motifs is 1. The number of carbonyl (C=O) groups excluding carboxylic acids is 1. The fourth-order valence-electron chi connectivity index (χ4n) is 3.84. The highest BCUT2D eigenvalue weighted by Gasteiger charge is 2.38. The van der Waals surface area contributed by atoms with Gasteiger partial charge in [0.25, 0.3) is 0 Å². The number of likely N-dealkylation sites (tertiary alicyclic amines) is 1. The summed E-state index contributed by atoms with van der Waals surface area (Å²) in [4.78, 5) is 16.0. The Morgan fingerprint density at radius 1 is 1.33 bits per heavy atom. The van der Waals surface area contributed by atoms with Gasteiger partial charge in [-0.3, -0.25) is 14.8 Å². The fraction of sp³-hybridized carbons (Fsp3) is 0.389. The molecule has 27 heavy (non-hydrogen) atoms. The van der Waals surface area contributed by atoms with Crippen molar-refractivity contribution in [2.24, 2.45) is 0 Å². The number of anilines is 1. The largest absolute Gasteiger partial charge is 0.433 e. The monoisotopic (exact) mass is 375 g/mol. The van der Waals surface area contributed by atoms with Crippen LogP contribution in [0.2, 0.25) is 0 Å². The first-order chi connectivity index (χ1) is 12.9. The first-order valence-electron chi connectivity index (χ1n) is 8.62. The molecule has 3 heterocycles. The molecule has 1 fully saturated rings. The summed E-state index contributed by atoms with van der Waals surface area (Å²) in [6.07, 6.45) is 0.698. The van der Waals surface area contributed by atoms with Gasteiger partial charge >= 0.3 is 6.18 Å². The van der Waals surface area contributed by atoms with Crippen LogP contribution in [0.15, 0.2) is 24.4 Å². The van der Waals surface area contributed by atoms with Crippen molar-refractivity contribution in [2.45, 2.75) is 31.5 Å². The van der Waals surface area contributed by atoms with Crippen molar-refractivity contribution >= 4 is 11.6 Å². The van der Waals surface area contributed by atoms with E-state index in [-0.39, 0.29) is 11.5 Å². The number of hydrogen-bond donors (Lipinski definition) is 1. The first kappa shape index (κ1) is 17.4. The van der Waals surface area contributed by atoms with Crippen LogP contribution in [0.25, 0.3) is 11.1 Å². The Morgan fingerprint density at radius 3 is 2.89 bits per heavy atom. The molecule has 2 aromatic rings. The molecular weight excluding hydrogens is 359 g/mol. The Bertz CT molecular complexity index is 930. The van der Waals surface area contributed by atoms with Gasteiger partial charge < -0.3 is 4.90 Å². The van der Waals surface area contributed by atoms with Crippen LogP contribution in [-0.2, 0) is 17.4 Å². The molecule has 0 bridgehead atoms. The highest BCUT2D eigenvalue weighted by Crippen LogP contribution is 2.38. The lowest BCUT2D eigenvalue weighted by molar-refractivity contribution is -0.140. The van der Waals surface area contributed by atoms with Gasteiger partial charge in [-0.2, -0.15) is 23.5 Å². The van der Waals surface area contributed by atoms with Crippen LogP contribution in [-0.4, -0.2) is 40.1 Å². The summed E-state index contributed by atoms with van der Waals surface area (Å²) in [6.45, 7) is 1.04. The van der Waals surface area contributed by atoms with Crippen LogP contribution in [0.3, 0.4) is 0 Å². The van der Waals surface area contributed by atoms with Gasteiger partial charge in [0.1, 0.15) is 11.7 Å². The maximum atomic E-state index is 13.1. The molecule has 1 saturated heterocycles. The number of nitrogens with one attached hydrogen (secondary N) is 1. The molecule has 2 aliphatic rings. The molecule has 1 N–H and O–H groups in total. The molecule has 4 rings (SSSR count). The number of hydrogen-bond acceptors (Lipinski definition) is 4. The average molecular weight is 375 g/mol. The van der Waals surface area contributed by atoms with Gasteiger partial charge in [-0.25, -0.2) is 0 Å². The molecule has 9 heteroatoms. The Hall–Kier alpha value is -3.02. The van der Waals surface area contributed by atoms with Crippen molar-refractivity contribution < 1.29 is 18.0 Å². The van der Waals surface area contributed by atoms with Gasteiger partial charge in [0, 0.05) is 24.3 Å². The molecule has 2 aliphatic heterocycles. The molecule has 1 aromatic heterocycles. The number of carbonyl (C=O) groups is 1. The summed E-state index contributed by atoms with van der Waals surface area (Å²) in [5.74, 6) is -0.125. The Kier molecular flexibility index (Phi) is 4.06. The molecule has 1 amide bonds. The summed E-state index contributed by atoms with van der Waals surface area (Å²) < 4.78 is 39.3. The lowest BCUT2D eigenvalue weighted by atomic mass is 10.0. The number of aromatic nitrogens is 2. The normalized spacial score (nSPS) is 19.3. The zero-order chi connectivity index (χ0) is 19.2. The predicted octanol–water partition coefficient (Wildman–Crippen LogP) is 2.93. The summed E-state index contributed by atoms with van der Waals surface area (Å²) in [5, 5.41) is 14.7. The van der Waals surface area contributed by atoms with E-state index in [1.165, 1.54) is 4.90 Å². The number of aromatic amines is 1. The number of rotatable bonds is 2. The van der Waals surface area contributed by atoms with Crippen molar-refractivity contribution in [1.82, 2.24) is 15.1 Å². The SMILES string of the molecule is N#CN1CCC[C@H]1C(=O)N1CCc2cc(-c3cn[nH]c3C(F)(F)F)ccc21. The zero-order valence-electron chi connectivity index (χ0n) is 14.3. The maximum Gasteiger partial charge on any atom is 0.433 e. The number of alkyl halides is 3. The van der Waals surface area contributed by atoms with E-state index in [0.717, 1.165) is 18.2 Å². The smallest absolute Gasteiger partial charge is 0.310 e. The Labute approximate surface area is 153 Å². The van der Waals surface area contributed by atoms with Gasteiger partial charge in [-0.15, -0.1) is 0 Å². The maximum absolute atomic E-state index is 13.1. The molecule has 6 nitrogen and oxygen atoms in total. The van der Waals surface area contributed by atoms with Crippen molar-refractivity contribution in [3.8, 4) is 17.3 Å². The highest BCUT2D eigenvalue weighted by atomic mass is 19.4. The summed E-state index contributed by atoms with van der Waals surface area (Å²) in [7, 11) is 0. The second-order valence-corrected chi connectivity index (χ2v) is 6.69. The Morgan fingerprint density at radius 2 is 2.15 bits per heavy atom. The molecule has 0 spiro atoms. The van der Waals surface area contributed by atoms with Crippen LogP contribution < -0.4 is 4.90 Å². The third-order valence-corrected chi connectivity index (χ3v) is 5.14. The van der Waals surface area contributed by atoms with Gasteiger partial charge in [0.2, 0.25) is 5.91 Å². The topological polar surface area (TPSA) is 76.0 Å². The van der Waals surface area contributed by atoms with Gasteiger partial charge in [0.05, 0.1) is 6.20 Å². The third-order valence-electron chi connectivity index (χ3n) is 5.14. The van der Waals surface area contributed by atoms with Gasteiger partial charge in [-0.05, 0) is 42.5 Å². The van der Waals surface area contributed by atoms with Crippen molar-refractivity contribution in [2.75, 3.05) is 18.0 Å². The van der Waals surface area contributed by atoms with E-state index < -0.39 is 17.9 Å². The van der Waals surface area contributed by atoms with Crippen molar-refractivity contribution in [1.29, 1.82) is 5.26 Å². The average Bonchev–Trinajstić information content (AvgIpc) is 3.37. The predicted molar refractivity (Wildman–Crippen MR) is 90.4 cm³/mol. The summed E-state index contributed by atoms with van der Waals surface area (Å²) in [5.41, 5.74) is 1.02. The molecule has 0 saturated carbocycles. The molecule has 140 valence electrons.